The number of rotatable bonds is 3. The lowest BCUT2D eigenvalue weighted by atomic mass is 10.2. The van der Waals surface area contributed by atoms with Gasteiger partial charge in [-0.3, -0.25) is 4.79 Å². The Morgan fingerprint density at radius 1 is 1.44 bits per heavy atom. The van der Waals surface area contributed by atoms with Gasteiger partial charge in [0, 0.05) is 23.3 Å². The third-order valence-corrected chi connectivity index (χ3v) is 3.14. The van der Waals surface area contributed by atoms with E-state index in [4.69, 9.17) is 5.11 Å². The highest BCUT2D eigenvalue weighted by Gasteiger charge is 2.07. The molecule has 0 fully saturated rings. The summed E-state index contributed by atoms with van der Waals surface area (Å²) in [5, 5.41) is 8.60. The van der Waals surface area contributed by atoms with E-state index in [9.17, 15) is 4.79 Å². The summed E-state index contributed by atoms with van der Waals surface area (Å²) < 4.78 is 3.68. The average Bonchev–Trinajstić information content (AvgIpc) is 2.57. The van der Waals surface area contributed by atoms with Gasteiger partial charge in [-0.15, -0.1) is 0 Å². The van der Waals surface area contributed by atoms with E-state index in [1.54, 1.807) is 0 Å². The van der Waals surface area contributed by atoms with Crippen LogP contribution in [0.1, 0.15) is 12.1 Å². The molecule has 84 valence electrons. The quantitative estimate of drug-likeness (QED) is 0.928. The summed E-state index contributed by atoms with van der Waals surface area (Å²) in [4.78, 5) is 14.8. The predicted octanol–water partition coefficient (Wildman–Crippen LogP) is 2.88. The molecule has 2 heterocycles. The second-order valence-electron chi connectivity index (χ2n) is 3.36. The van der Waals surface area contributed by atoms with Gasteiger partial charge in [0.25, 0.3) is 0 Å². The minimum absolute atomic E-state index is 0.0999. The van der Waals surface area contributed by atoms with Crippen LogP contribution in [-0.2, 0) is 11.2 Å². The molecule has 6 heteroatoms. The Morgan fingerprint density at radius 3 is 2.88 bits per heavy atom. The van der Waals surface area contributed by atoms with Crippen LogP contribution in [0.5, 0.6) is 0 Å². The minimum Gasteiger partial charge on any atom is -0.481 e. The van der Waals surface area contributed by atoms with Crippen molar-refractivity contribution in [2.45, 2.75) is 12.8 Å². The lowest BCUT2D eigenvalue weighted by molar-refractivity contribution is -0.136. The summed E-state index contributed by atoms with van der Waals surface area (Å²) in [6.45, 7) is 0. The van der Waals surface area contributed by atoms with E-state index in [1.807, 2.05) is 22.9 Å². The van der Waals surface area contributed by atoms with Gasteiger partial charge in [0.2, 0.25) is 0 Å². The summed E-state index contributed by atoms with van der Waals surface area (Å²) in [6.07, 6.45) is 4.27. The zero-order valence-corrected chi connectivity index (χ0v) is 11.3. The average molecular weight is 348 g/mol. The van der Waals surface area contributed by atoms with Gasteiger partial charge in [-0.1, -0.05) is 0 Å². The molecule has 1 N–H and O–H groups in total. The molecule has 16 heavy (non-hydrogen) atoms. The molecule has 0 bridgehead atoms. The van der Waals surface area contributed by atoms with Crippen molar-refractivity contribution in [2.24, 2.45) is 0 Å². The number of pyridine rings is 1. The van der Waals surface area contributed by atoms with Gasteiger partial charge < -0.3 is 9.51 Å². The van der Waals surface area contributed by atoms with Crippen LogP contribution in [0.2, 0.25) is 0 Å². The first kappa shape index (κ1) is 11.6. The Balaban J connectivity index is 2.36. The molecule has 0 aliphatic carbocycles. The number of aliphatic carboxylic acids is 1. The summed E-state index contributed by atoms with van der Waals surface area (Å²) in [5.41, 5.74) is 1.57. The molecule has 0 saturated carbocycles. The molecule has 4 nitrogen and oxygen atoms in total. The van der Waals surface area contributed by atoms with Gasteiger partial charge in [-0.25, -0.2) is 4.98 Å². The maximum Gasteiger partial charge on any atom is 0.303 e. The molecule has 0 radical (unpaired) electrons. The Kier molecular flexibility index (Phi) is 3.30. The van der Waals surface area contributed by atoms with Crippen LogP contribution in [0.15, 0.2) is 27.4 Å². The van der Waals surface area contributed by atoms with Crippen molar-refractivity contribution in [3.63, 3.8) is 0 Å². The number of carboxylic acids is 1. The van der Waals surface area contributed by atoms with E-state index in [0.29, 0.717) is 6.42 Å². The standard InChI is InChI=1S/C10H8Br2N2O2/c11-6-3-8(12)10-13-7(1-2-9(15)16)5-14(10)4-6/h3-5H,1-2H2,(H,15,16). The van der Waals surface area contributed by atoms with Crippen LogP contribution in [-0.4, -0.2) is 20.5 Å². The van der Waals surface area contributed by atoms with Crippen LogP contribution in [0, 0.1) is 0 Å². The fraction of sp³-hybridized carbons (Fsp3) is 0.200. The highest BCUT2D eigenvalue weighted by Crippen LogP contribution is 2.22. The number of aromatic nitrogens is 2. The van der Waals surface area contributed by atoms with Gasteiger partial charge in [-0.05, 0) is 37.9 Å². The summed E-state index contributed by atoms with van der Waals surface area (Å²) in [6, 6.07) is 1.91. The number of fused-ring (bicyclic) bond motifs is 1. The second-order valence-corrected chi connectivity index (χ2v) is 5.13. The van der Waals surface area contributed by atoms with Crippen LogP contribution in [0.4, 0.5) is 0 Å². The highest BCUT2D eigenvalue weighted by atomic mass is 79.9. The van der Waals surface area contributed by atoms with Gasteiger partial charge in [0.1, 0.15) is 0 Å². The maximum absolute atomic E-state index is 10.5. The largest absolute Gasteiger partial charge is 0.481 e. The van der Waals surface area contributed by atoms with Gasteiger partial charge in [0.05, 0.1) is 16.6 Å². The molecule has 2 aromatic rings. The third-order valence-electron chi connectivity index (χ3n) is 2.12. The topological polar surface area (TPSA) is 54.6 Å². The molecule has 0 aliphatic heterocycles. The van der Waals surface area contributed by atoms with Crippen LogP contribution in [0.3, 0.4) is 0 Å². The first-order chi connectivity index (χ1) is 7.56. The smallest absolute Gasteiger partial charge is 0.303 e. The van der Waals surface area contributed by atoms with E-state index in [0.717, 1.165) is 20.3 Å². The number of hydrogen-bond acceptors (Lipinski definition) is 2. The fourth-order valence-electron chi connectivity index (χ4n) is 1.43. The summed E-state index contributed by atoms with van der Waals surface area (Å²) >= 11 is 6.79. The monoisotopic (exact) mass is 346 g/mol. The zero-order valence-electron chi connectivity index (χ0n) is 8.15. The number of hydrogen-bond donors (Lipinski definition) is 1. The Labute approximate surface area is 109 Å². The van der Waals surface area contributed by atoms with Crippen molar-refractivity contribution in [3.05, 3.63) is 33.1 Å². The number of nitrogens with zero attached hydrogens (tertiary/aromatic N) is 2. The predicted molar refractivity (Wildman–Crippen MR) is 66.5 cm³/mol. The van der Waals surface area contributed by atoms with Crippen molar-refractivity contribution in [1.29, 1.82) is 0 Å². The minimum atomic E-state index is -0.808. The van der Waals surface area contributed by atoms with Gasteiger partial charge in [-0.2, -0.15) is 0 Å². The number of carboxylic acid groups (broad SMARTS) is 1. The molecule has 2 aromatic heterocycles. The van der Waals surface area contributed by atoms with Crippen molar-refractivity contribution in [2.75, 3.05) is 0 Å². The maximum atomic E-state index is 10.5. The van der Waals surface area contributed by atoms with Gasteiger partial charge in [0.15, 0.2) is 5.65 Å². The van der Waals surface area contributed by atoms with E-state index < -0.39 is 5.97 Å². The first-order valence-electron chi connectivity index (χ1n) is 4.60. The lowest BCUT2D eigenvalue weighted by Gasteiger charge is -1.96. The number of carbonyl (C=O) groups is 1. The van der Waals surface area contributed by atoms with Gasteiger partial charge >= 0.3 is 5.97 Å². The normalized spacial score (nSPS) is 10.9. The molecule has 0 aromatic carbocycles. The highest BCUT2D eigenvalue weighted by molar-refractivity contribution is 9.11. The number of aryl methyl sites for hydroxylation is 1. The SMILES string of the molecule is O=C(O)CCc1cn2cc(Br)cc(Br)c2n1. The number of halogens is 2. The summed E-state index contributed by atoms with van der Waals surface area (Å²) in [5.74, 6) is -0.808. The van der Waals surface area contributed by atoms with Crippen molar-refractivity contribution >= 4 is 43.5 Å². The molecule has 0 amide bonds. The first-order valence-corrected chi connectivity index (χ1v) is 6.19. The van der Waals surface area contributed by atoms with Crippen molar-refractivity contribution in [1.82, 2.24) is 9.38 Å². The van der Waals surface area contributed by atoms with Crippen LogP contribution >= 0.6 is 31.9 Å². The number of imidazole rings is 1. The third kappa shape index (κ3) is 2.44. The van der Waals surface area contributed by atoms with Crippen LogP contribution in [0.25, 0.3) is 5.65 Å². The van der Waals surface area contributed by atoms with Crippen molar-refractivity contribution in [3.8, 4) is 0 Å². The lowest BCUT2D eigenvalue weighted by Crippen LogP contribution is -1.97. The Hall–Kier alpha value is -0.880. The molecule has 0 saturated heterocycles. The second kappa shape index (κ2) is 4.55. The summed E-state index contributed by atoms with van der Waals surface area (Å²) in [7, 11) is 0. The molecule has 0 atom stereocenters. The molecular formula is C10H8Br2N2O2. The molecular weight excluding hydrogens is 340 g/mol. The molecule has 0 unspecified atom stereocenters. The van der Waals surface area contributed by atoms with E-state index >= 15 is 0 Å². The Bertz CT molecular complexity index is 551. The van der Waals surface area contributed by atoms with Crippen molar-refractivity contribution < 1.29 is 9.90 Å². The van der Waals surface area contributed by atoms with E-state index in [2.05, 4.69) is 36.8 Å². The molecule has 0 spiro atoms. The molecule has 0 aliphatic rings. The zero-order chi connectivity index (χ0) is 11.7. The van der Waals surface area contributed by atoms with E-state index in [1.165, 1.54) is 0 Å². The molecule has 2 rings (SSSR count). The fourth-order valence-corrected chi connectivity index (χ4v) is 2.73. The Morgan fingerprint density at radius 2 is 2.19 bits per heavy atom. The van der Waals surface area contributed by atoms with E-state index in [-0.39, 0.29) is 6.42 Å². The van der Waals surface area contributed by atoms with Crippen LogP contribution < -0.4 is 0 Å².